The van der Waals surface area contributed by atoms with E-state index in [-0.39, 0.29) is 5.96 Å². The van der Waals surface area contributed by atoms with Crippen molar-refractivity contribution in [1.29, 1.82) is 0 Å². The molecule has 0 aliphatic carbocycles. The molecule has 68 valence electrons. The standard InChI is InChI=1S/C7H15N5/c1-2-12-4-3-6(5-12)10-11-7(8)9/h2-5H2,1H3,(H4,8,9,11)/b10-6-. The summed E-state index contributed by atoms with van der Waals surface area (Å²) < 4.78 is 0. The molecule has 0 atom stereocenters. The van der Waals surface area contributed by atoms with Gasteiger partial charge in [-0.05, 0) is 6.54 Å². The van der Waals surface area contributed by atoms with Gasteiger partial charge < -0.3 is 11.5 Å². The average Bonchev–Trinajstić information content (AvgIpc) is 2.48. The molecule has 1 aliphatic heterocycles. The third kappa shape index (κ3) is 2.50. The fourth-order valence-corrected chi connectivity index (χ4v) is 1.18. The van der Waals surface area contributed by atoms with Crippen LogP contribution in [0.2, 0.25) is 0 Å². The lowest BCUT2D eigenvalue weighted by Gasteiger charge is -2.08. The third-order valence-corrected chi connectivity index (χ3v) is 1.88. The number of nitrogens with zero attached hydrogens (tertiary/aromatic N) is 3. The fraction of sp³-hybridized carbons (Fsp3) is 0.714. The summed E-state index contributed by atoms with van der Waals surface area (Å²) in [6.45, 7) is 5.15. The largest absolute Gasteiger partial charge is 0.369 e. The second-order valence-electron chi connectivity index (χ2n) is 2.81. The lowest BCUT2D eigenvalue weighted by atomic mass is 10.3. The third-order valence-electron chi connectivity index (χ3n) is 1.88. The van der Waals surface area contributed by atoms with Gasteiger partial charge in [0, 0.05) is 19.5 Å². The van der Waals surface area contributed by atoms with E-state index >= 15 is 0 Å². The van der Waals surface area contributed by atoms with Crippen molar-refractivity contribution in [2.75, 3.05) is 19.6 Å². The van der Waals surface area contributed by atoms with Crippen LogP contribution in [0.25, 0.3) is 0 Å². The summed E-state index contributed by atoms with van der Waals surface area (Å²) in [5.41, 5.74) is 11.3. The van der Waals surface area contributed by atoms with Crippen LogP contribution in [0, 0.1) is 0 Å². The van der Waals surface area contributed by atoms with Crippen LogP contribution in [-0.2, 0) is 0 Å². The van der Waals surface area contributed by atoms with Crippen LogP contribution in [0.1, 0.15) is 13.3 Å². The van der Waals surface area contributed by atoms with Crippen LogP contribution in [0.5, 0.6) is 0 Å². The van der Waals surface area contributed by atoms with E-state index < -0.39 is 0 Å². The van der Waals surface area contributed by atoms with Crippen molar-refractivity contribution < 1.29 is 0 Å². The lowest BCUT2D eigenvalue weighted by molar-refractivity contribution is 0.368. The van der Waals surface area contributed by atoms with Crippen molar-refractivity contribution in [2.24, 2.45) is 21.7 Å². The number of hydrogen-bond donors (Lipinski definition) is 2. The highest BCUT2D eigenvalue weighted by Crippen LogP contribution is 2.04. The SMILES string of the molecule is CCN1CC/C(=N/N=C(N)N)C1. The molecule has 0 spiro atoms. The zero-order valence-electron chi connectivity index (χ0n) is 7.32. The minimum absolute atomic E-state index is 0.0254. The summed E-state index contributed by atoms with van der Waals surface area (Å²) >= 11 is 0. The van der Waals surface area contributed by atoms with Crippen LogP contribution >= 0.6 is 0 Å². The normalized spacial score (nSPS) is 21.6. The highest BCUT2D eigenvalue weighted by atomic mass is 15.3. The number of nitrogens with two attached hydrogens (primary N) is 2. The monoisotopic (exact) mass is 169 g/mol. The van der Waals surface area contributed by atoms with Gasteiger partial charge in [0.25, 0.3) is 0 Å². The molecule has 0 radical (unpaired) electrons. The van der Waals surface area contributed by atoms with Crippen molar-refractivity contribution in [3.63, 3.8) is 0 Å². The summed E-state index contributed by atoms with van der Waals surface area (Å²) in [7, 11) is 0. The predicted octanol–water partition coefficient (Wildman–Crippen LogP) is -0.659. The van der Waals surface area contributed by atoms with Crippen molar-refractivity contribution in [1.82, 2.24) is 4.90 Å². The van der Waals surface area contributed by atoms with Gasteiger partial charge in [-0.3, -0.25) is 4.90 Å². The summed E-state index contributed by atoms with van der Waals surface area (Å²) in [5.74, 6) is 0.0254. The smallest absolute Gasteiger partial charge is 0.211 e. The molecule has 12 heavy (non-hydrogen) atoms. The van der Waals surface area contributed by atoms with E-state index in [1.807, 2.05) is 0 Å². The molecule has 1 aliphatic rings. The van der Waals surface area contributed by atoms with Gasteiger partial charge in [0.1, 0.15) is 0 Å². The van der Waals surface area contributed by atoms with Crippen LogP contribution in [0.15, 0.2) is 10.2 Å². The first-order chi connectivity index (χ1) is 5.72. The van der Waals surface area contributed by atoms with Gasteiger partial charge in [-0.1, -0.05) is 6.92 Å². The van der Waals surface area contributed by atoms with Gasteiger partial charge in [0.05, 0.1) is 5.71 Å². The molecule has 0 amide bonds. The summed E-state index contributed by atoms with van der Waals surface area (Å²) in [5, 5.41) is 7.54. The molecule has 0 bridgehead atoms. The second kappa shape index (κ2) is 4.06. The first-order valence-electron chi connectivity index (χ1n) is 4.09. The minimum atomic E-state index is 0.0254. The van der Waals surface area contributed by atoms with E-state index in [1.54, 1.807) is 0 Å². The molecule has 0 aromatic heterocycles. The average molecular weight is 169 g/mol. The Hall–Kier alpha value is -1.10. The maximum absolute atomic E-state index is 5.14. The quantitative estimate of drug-likeness (QED) is 0.327. The number of likely N-dealkylation sites (tertiary alicyclic amines) is 1. The maximum atomic E-state index is 5.14. The maximum Gasteiger partial charge on any atom is 0.211 e. The first-order valence-corrected chi connectivity index (χ1v) is 4.09. The van der Waals surface area contributed by atoms with Gasteiger partial charge in [-0.2, -0.15) is 5.10 Å². The Morgan fingerprint density at radius 3 is 2.83 bits per heavy atom. The van der Waals surface area contributed by atoms with Crippen LogP contribution < -0.4 is 11.5 Å². The molecule has 1 heterocycles. The second-order valence-corrected chi connectivity index (χ2v) is 2.81. The molecule has 5 nitrogen and oxygen atoms in total. The Morgan fingerprint density at radius 2 is 2.33 bits per heavy atom. The molecule has 0 saturated carbocycles. The zero-order chi connectivity index (χ0) is 8.97. The fourth-order valence-electron chi connectivity index (χ4n) is 1.18. The van der Waals surface area contributed by atoms with Gasteiger partial charge in [-0.15, -0.1) is 5.10 Å². The zero-order valence-corrected chi connectivity index (χ0v) is 7.32. The molecule has 5 heteroatoms. The Bertz CT molecular complexity index is 204. The minimum Gasteiger partial charge on any atom is -0.369 e. The van der Waals surface area contributed by atoms with Crippen molar-refractivity contribution >= 4 is 11.7 Å². The van der Waals surface area contributed by atoms with Gasteiger partial charge >= 0.3 is 0 Å². The van der Waals surface area contributed by atoms with E-state index in [9.17, 15) is 0 Å². The van der Waals surface area contributed by atoms with Gasteiger partial charge in [0.15, 0.2) is 0 Å². The van der Waals surface area contributed by atoms with E-state index in [4.69, 9.17) is 11.5 Å². The summed E-state index contributed by atoms with van der Waals surface area (Å²) in [6, 6.07) is 0. The van der Waals surface area contributed by atoms with E-state index in [0.29, 0.717) is 0 Å². The first kappa shape index (κ1) is 8.99. The molecule has 1 saturated heterocycles. The topological polar surface area (TPSA) is 80.0 Å². The van der Waals surface area contributed by atoms with Crippen molar-refractivity contribution in [3.05, 3.63) is 0 Å². The Morgan fingerprint density at radius 1 is 1.58 bits per heavy atom. The van der Waals surface area contributed by atoms with E-state index in [1.165, 1.54) is 0 Å². The molecular formula is C7H15N5. The molecule has 1 fully saturated rings. The predicted molar refractivity (Wildman–Crippen MR) is 50.0 cm³/mol. The highest BCUT2D eigenvalue weighted by Gasteiger charge is 2.15. The molecular weight excluding hydrogens is 154 g/mol. The van der Waals surface area contributed by atoms with Crippen molar-refractivity contribution in [2.45, 2.75) is 13.3 Å². The summed E-state index contributed by atoms with van der Waals surface area (Å²) in [4.78, 5) is 2.29. The molecule has 0 aromatic carbocycles. The number of guanidine groups is 1. The lowest BCUT2D eigenvalue weighted by Crippen LogP contribution is -2.22. The van der Waals surface area contributed by atoms with Gasteiger partial charge in [-0.25, -0.2) is 0 Å². The Labute approximate surface area is 72.1 Å². The Balaban J connectivity index is 2.46. The van der Waals surface area contributed by atoms with Crippen molar-refractivity contribution in [3.8, 4) is 0 Å². The van der Waals surface area contributed by atoms with Crippen LogP contribution in [0.4, 0.5) is 0 Å². The molecule has 1 rings (SSSR count). The summed E-state index contributed by atoms with van der Waals surface area (Å²) in [6.07, 6.45) is 0.977. The Kier molecular flexibility index (Phi) is 3.04. The van der Waals surface area contributed by atoms with Crippen LogP contribution in [0.3, 0.4) is 0 Å². The van der Waals surface area contributed by atoms with E-state index in [2.05, 4.69) is 22.0 Å². The van der Waals surface area contributed by atoms with Crippen LogP contribution in [-0.4, -0.2) is 36.2 Å². The molecule has 0 unspecified atom stereocenters. The molecule has 0 aromatic rings. The number of hydrogen-bond acceptors (Lipinski definition) is 3. The van der Waals surface area contributed by atoms with Gasteiger partial charge in [0.2, 0.25) is 5.96 Å². The van der Waals surface area contributed by atoms with E-state index in [0.717, 1.165) is 31.8 Å². The highest BCUT2D eigenvalue weighted by molar-refractivity contribution is 5.89. The molecule has 4 N–H and O–H groups in total. The number of rotatable bonds is 2.